The number of hydrogen-bond acceptors (Lipinski definition) is 10. The van der Waals surface area contributed by atoms with Crippen molar-refractivity contribution >= 4 is 209 Å². The number of aliphatic imine (C=N–C) groups is 5. The molecule has 18 nitrogen and oxygen atoms in total. The second-order valence-corrected chi connectivity index (χ2v) is 38.6. The third-order valence-corrected chi connectivity index (χ3v) is 26.9. The molecule has 43 heteroatoms. The second-order valence-electron chi connectivity index (χ2n) is 30.0. The maximum atomic E-state index is 13.1. The van der Waals surface area contributed by atoms with Crippen LogP contribution in [0.5, 0.6) is 0 Å². The van der Waals surface area contributed by atoms with E-state index in [2.05, 4.69) is 56.8 Å². The molecule has 0 amide bonds. The predicted molar refractivity (Wildman–Crippen MR) is 509 cm³/mol. The summed E-state index contributed by atoms with van der Waals surface area (Å²) in [6.45, 7) is 2.71. The average Bonchev–Trinajstić information content (AvgIpc) is 0.802. The number of alkyl halides is 15. The molecule has 10 N–H and O–H groups in total. The summed E-state index contributed by atoms with van der Waals surface area (Å²) >= 11 is 34.5. The van der Waals surface area contributed by atoms with Crippen LogP contribution in [0, 0.1) is 0 Å². The number of hydrogen-bond donors (Lipinski definition) is 5. The van der Waals surface area contributed by atoms with Crippen molar-refractivity contribution in [2.75, 3.05) is 82.2 Å². The molecule has 0 aromatic heterocycles. The number of nitrogens with zero attached hydrogens (tertiary/aromatic N) is 10. The van der Waals surface area contributed by atoms with Crippen LogP contribution in [0.1, 0.15) is 87.7 Å². The molecule has 5 aliphatic rings. The van der Waals surface area contributed by atoms with E-state index in [4.69, 9.17) is 75.1 Å². The van der Waals surface area contributed by atoms with Crippen LogP contribution in [-0.4, -0.2) is 100 Å². The van der Waals surface area contributed by atoms with E-state index in [1.54, 1.807) is 90.7 Å². The van der Waals surface area contributed by atoms with Gasteiger partial charge in [-0.15, -0.1) is 23.5 Å². The average molecular weight is 2120 g/mol. The monoisotopic (exact) mass is 2120 g/mol. The Hall–Kier alpha value is -9.58. The molecule has 10 aromatic carbocycles. The van der Waals surface area contributed by atoms with E-state index in [1.807, 2.05) is 48.9 Å². The van der Waals surface area contributed by atoms with Crippen LogP contribution in [0.25, 0.3) is 0 Å². The molecule has 0 saturated carbocycles. The molecule has 0 saturated heterocycles. The van der Waals surface area contributed by atoms with Gasteiger partial charge in [0.2, 0.25) is 29.8 Å². The first kappa shape index (κ1) is 103. The Kier molecular flexibility index (Phi) is 33.8. The summed E-state index contributed by atoms with van der Waals surface area (Å²) in [5.41, 5.74) is 35.6. The fourth-order valence-corrected chi connectivity index (χ4v) is 17.9. The zero-order valence-electron chi connectivity index (χ0n) is 70.1. The molecule has 5 heterocycles. The molecular weight excluding hydrogens is 2040 g/mol. The number of fused-ring (bicyclic) bond motifs is 5. The smallest absolute Gasteiger partial charge is 0.369 e. The first-order valence-electron chi connectivity index (χ1n) is 39.8. The summed E-state index contributed by atoms with van der Waals surface area (Å²) in [5.74, 6) is 0.737. The number of benzene rings is 10. The zero-order valence-corrected chi connectivity index (χ0v) is 79.5. The van der Waals surface area contributed by atoms with Crippen molar-refractivity contribution in [3.05, 3.63) is 267 Å². The molecule has 5 aliphatic heterocycles. The van der Waals surface area contributed by atoms with E-state index >= 15 is 0 Å². The number of nitrogens with two attached hydrogens (primary N) is 5. The summed E-state index contributed by atoms with van der Waals surface area (Å²) in [4.78, 5) is 32.7. The van der Waals surface area contributed by atoms with Gasteiger partial charge in [0, 0.05) is 108 Å². The highest BCUT2D eigenvalue weighted by molar-refractivity contribution is 9.11. The van der Waals surface area contributed by atoms with E-state index in [1.165, 1.54) is 60.7 Å². The minimum atomic E-state index is -4.42. The molecule has 132 heavy (non-hydrogen) atoms. The van der Waals surface area contributed by atoms with E-state index in [9.17, 15) is 78.5 Å². The third-order valence-electron chi connectivity index (χ3n) is 21.0. The van der Waals surface area contributed by atoms with Gasteiger partial charge >= 0.3 is 30.9 Å². The molecule has 0 aliphatic carbocycles. The van der Waals surface area contributed by atoms with Crippen molar-refractivity contribution in [2.45, 2.75) is 115 Å². The van der Waals surface area contributed by atoms with Crippen molar-refractivity contribution in [2.24, 2.45) is 53.6 Å². The van der Waals surface area contributed by atoms with Crippen molar-refractivity contribution < 1.29 is 78.5 Å². The highest BCUT2D eigenvalue weighted by atomic mass is 79.9. The molecule has 702 valence electrons. The van der Waals surface area contributed by atoms with Gasteiger partial charge in [0.15, 0.2) is 9.84 Å². The fourth-order valence-electron chi connectivity index (χ4n) is 14.5. The first-order valence-corrected chi connectivity index (χ1v) is 48.8. The van der Waals surface area contributed by atoms with Gasteiger partial charge in [-0.2, -0.15) is 65.9 Å². The van der Waals surface area contributed by atoms with Gasteiger partial charge in [-0.3, -0.25) is 4.21 Å². The molecule has 0 radical (unpaired) electrons. The van der Waals surface area contributed by atoms with Gasteiger partial charge in [-0.1, -0.05) is 68.4 Å². The standard InChI is InChI=1S/C18H17ClF3N3O2S.C18H17ClF3N3OS.2C18H17ClF3N3S.C17H14Br2F3N3/c1-28(26,27)13-5-6-14(19)15(10-13)24-17(23)25-8-2-3-11-9-12(18(20,21)22)4-7-16(11)25;1-27(26)13-5-6-14(19)15(10-13)24-17(23)25-8-2-3-11-9-12(18(20,21)22)4-7-16(11)25;1-26-13-5-6-14(19)15(10-13)24-17(23)25-8-2-3-11-9-12(18(20,21)22)4-7-16(11)25;1-26-13-6-7-14(19)15(10-13)24-17(23)25-8-2-3-11-4-5-12(9-16(11)25)18(20,21)22;18-12-4-5-13(19)14(9-12)24-16(23)25-7-1-2-10-8-11(17(20,21)22)3-6-15(10)25/h4-7,9-10H,2-3,8H2,1H3,(H2,23,24);4-7,9-10H,2-3,8H2,1H3,(H2,23,24);2*4-7,9-10H,2-3,8H2,1H3,(H2,23,24);3-6,8-9H,1-2,7H2,(H2,23,24). The van der Waals surface area contributed by atoms with E-state index < -0.39 is 79.3 Å². The maximum absolute atomic E-state index is 13.1. The lowest BCUT2D eigenvalue weighted by atomic mass is 9.99. The van der Waals surface area contributed by atoms with Gasteiger partial charge in [0.05, 0.1) is 81.2 Å². The van der Waals surface area contributed by atoms with Crippen LogP contribution in [0.3, 0.4) is 0 Å². The quantitative estimate of drug-likeness (QED) is 0.0389. The normalized spacial score (nSPS) is 15.4. The van der Waals surface area contributed by atoms with E-state index in [0.717, 1.165) is 85.5 Å². The zero-order chi connectivity index (χ0) is 96.4. The Morgan fingerprint density at radius 3 is 0.970 bits per heavy atom. The number of sulfone groups is 1. The van der Waals surface area contributed by atoms with E-state index in [0.29, 0.717) is 184 Å². The van der Waals surface area contributed by atoms with Crippen molar-refractivity contribution in [3.8, 4) is 0 Å². The Morgan fingerprint density at radius 2 is 0.644 bits per heavy atom. The highest BCUT2D eigenvalue weighted by Crippen LogP contribution is 2.44. The number of anilines is 5. The Morgan fingerprint density at radius 1 is 0.356 bits per heavy atom. The lowest BCUT2D eigenvalue weighted by molar-refractivity contribution is -0.138. The van der Waals surface area contributed by atoms with Crippen molar-refractivity contribution in [1.29, 1.82) is 0 Å². The summed E-state index contributed by atoms with van der Waals surface area (Å²) in [5, 5.41) is 1.46. The number of guanidine groups is 5. The number of thioether (sulfide) groups is 2. The molecule has 0 fully saturated rings. The van der Waals surface area contributed by atoms with Crippen LogP contribution < -0.4 is 53.2 Å². The molecule has 1 unspecified atom stereocenters. The minimum absolute atomic E-state index is 0.0215. The Balaban J connectivity index is 0.000000159. The van der Waals surface area contributed by atoms with Crippen LogP contribution in [0.4, 0.5) is 123 Å². The van der Waals surface area contributed by atoms with Crippen LogP contribution in [0.15, 0.2) is 235 Å². The molecule has 1 atom stereocenters. The minimum Gasteiger partial charge on any atom is -0.369 e. The maximum Gasteiger partial charge on any atom is 0.416 e. The second kappa shape index (κ2) is 43.4. The Bertz CT molecular complexity index is 6250. The number of halogens is 21. The fraction of sp³-hybridized carbons (Fsp3) is 0.270. The molecule has 0 spiro atoms. The topological polar surface area (TPSA) is 259 Å². The molecule has 10 aromatic rings. The highest BCUT2D eigenvalue weighted by Gasteiger charge is 2.38. The van der Waals surface area contributed by atoms with Crippen LogP contribution >= 0.6 is 102 Å². The van der Waals surface area contributed by atoms with Gasteiger partial charge in [0.25, 0.3) is 0 Å². The molecule has 15 rings (SSSR count). The lowest BCUT2D eigenvalue weighted by Crippen LogP contribution is -2.40. The largest absolute Gasteiger partial charge is 0.416 e. The SMILES string of the molecule is CS(=O)(=O)c1ccc(Cl)c(N=C(N)N2CCCc3cc(C(F)(F)F)ccc32)c1.CS(=O)c1ccc(Cl)c(N=C(N)N2CCCc3cc(C(F)(F)F)ccc32)c1.CSc1ccc(Cl)c(N=C(N)N2CCCc3cc(C(F)(F)F)ccc32)c1.CSc1ccc(Cl)c(N=C(N)N2CCCc3ccc(C(F)(F)F)cc32)c1.NC(=Nc1cc(Br)ccc1Br)N1CCCc2cc(C(F)(F)F)ccc21. The number of rotatable bonds is 9. The summed E-state index contributed by atoms with van der Waals surface area (Å²) in [6.07, 6.45) is -9.10. The van der Waals surface area contributed by atoms with Crippen molar-refractivity contribution in [3.63, 3.8) is 0 Å². The van der Waals surface area contributed by atoms with Gasteiger partial charge in [-0.05, 0) is 296 Å². The summed E-state index contributed by atoms with van der Waals surface area (Å²) in [6, 6.07) is 43.6. The predicted octanol–water partition coefficient (Wildman–Crippen LogP) is 25.2. The van der Waals surface area contributed by atoms with Crippen molar-refractivity contribution in [1.82, 2.24) is 0 Å². The Labute approximate surface area is 798 Å². The van der Waals surface area contributed by atoms with Crippen LogP contribution in [0.2, 0.25) is 20.1 Å². The molecule has 0 bridgehead atoms. The third kappa shape index (κ3) is 26.5. The van der Waals surface area contributed by atoms with Gasteiger partial charge in [-0.25, -0.2) is 33.4 Å². The van der Waals surface area contributed by atoms with Gasteiger partial charge < -0.3 is 53.2 Å². The van der Waals surface area contributed by atoms with Crippen LogP contribution in [-0.2, 0) is 83.6 Å². The number of aryl methyl sites for hydroxylation is 5. The van der Waals surface area contributed by atoms with E-state index in [-0.39, 0.29) is 45.4 Å². The summed E-state index contributed by atoms with van der Waals surface area (Å²) < 4.78 is 231. The first-order chi connectivity index (χ1) is 62.0. The lowest BCUT2D eigenvalue weighted by Gasteiger charge is -2.31. The summed E-state index contributed by atoms with van der Waals surface area (Å²) in [7, 11) is -4.66. The van der Waals surface area contributed by atoms with Gasteiger partial charge in [0.1, 0.15) is 0 Å². The molecular formula is C89H82Br2Cl4F15N15O3S4.